The van der Waals surface area contributed by atoms with Crippen LogP contribution in [0.5, 0.6) is 0 Å². The minimum absolute atomic E-state index is 0.0284. The van der Waals surface area contributed by atoms with E-state index in [9.17, 15) is 0 Å². The number of aryl methyl sites for hydroxylation is 2. The third kappa shape index (κ3) is 4.13. The maximum Gasteiger partial charge on any atom is 0.247 e. The number of thiophene rings is 1. The van der Waals surface area contributed by atoms with Gasteiger partial charge in [-0.15, -0.1) is 31.7 Å². The summed E-state index contributed by atoms with van der Waals surface area (Å²) in [5.74, 6) is 2.88. The number of nitrogens with zero attached hydrogens (tertiary/aromatic N) is 5. The molecule has 4 aromatic rings. The van der Waals surface area contributed by atoms with Crippen molar-refractivity contribution in [2.75, 3.05) is 0 Å². The van der Waals surface area contributed by atoms with E-state index in [-0.39, 0.29) is 5.25 Å². The number of hydrogen-bond acceptors (Lipinski definition) is 7. The maximum atomic E-state index is 5.95. The Hall–Kier alpha value is -2.45. The zero-order chi connectivity index (χ0) is 22.2. The van der Waals surface area contributed by atoms with Crippen LogP contribution in [0.1, 0.15) is 53.8 Å². The highest BCUT2D eigenvalue weighted by Crippen LogP contribution is 2.39. The number of hydrogen-bond donors (Lipinski definition) is 0. The fourth-order valence-corrected chi connectivity index (χ4v) is 6.18. The zero-order valence-corrected chi connectivity index (χ0v) is 20.5. The normalized spacial score (nSPS) is 16.8. The fourth-order valence-electron chi connectivity index (χ4n) is 4.11. The molecule has 1 aliphatic carbocycles. The highest BCUT2D eigenvalue weighted by molar-refractivity contribution is 7.99. The van der Waals surface area contributed by atoms with Gasteiger partial charge >= 0.3 is 0 Å². The standard InChI is InChI=1S/C24H27N5OS2/c1-5-16-8-11-19-18(12-16)13-20(32-19)21-25-28-24(29(21)4)31-15(3)22-26-27-23(30-22)17-9-6-14(2)7-10-17/h6-7,9-10,13,15-16H,5,8,11-12H2,1-4H3. The highest BCUT2D eigenvalue weighted by Gasteiger charge is 2.24. The molecule has 2 unspecified atom stereocenters. The molecule has 0 amide bonds. The van der Waals surface area contributed by atoms with E-state index in [1.807, 2.05) is 42.6 Å². The van der Waals surface area contributed by atoms with Crippen molar-refractivity contribution >= 4 is 23.1 Å². The van der Waals surface area contributed by atoms with Gasteiger partial charge in [-0.25, -0.2) is 0 Å². The van der Waals surface area contributed by atoms with Crippen LogP contribution in [0.3, 0.4) is 0 Å². The average Bonchev–Trinajstić information content (AvgIpc) is 3.52. The molecule has 3 aromatic heterocycles. The monoisotopic (exact) mass is 465 g/mol. The van der Waals surface area contributed by atoms with Crippen molar-refractivity contribution in [3.05, 3.63) is 52.2 Å². The maximum absolute atomic E-state index is 5.95. The molecule has 2 atom stereocenters. The van der Waals surface area contributed by atoms with Crippen LogP contribution >= 0.6 is 23.1 Å². The van der Waals surface area contributed by atoms with Gasteiger partial charge in [-0.1, -0.05) is 42.8 Å². The average molecular weight is 466 g/mol. The molecule has 6 nitrogen and oxygen atoms in total. The molecule has 3 heterocycles. The minimum Gasteiger partial charge on any atom is -0.419 e. The van der Waals surface area contributed by atoms with Gasteiger partial charge in [0.05, 0.1) is 10.1 Å². The van der Waals surface area contributed by atoms with E-state index < -0.39 is 0 Å². The lowest BCUT2D eigenvalue weighted by atomic mass is 9.87. The van der Waals surface area contributed by atoms with Crippen LogP contribution in [-0.2, 0) is 19.9 Å². The number of thioether (sulfide) groups is 1. The second-order valence-corrected chi connectivity index (χ2v) is 11.0. The predicted octanol–water partition coefficient (Wildman–Crippen LogP) is 6.27. The first kappa shape index (κ1) is 21.4. The number of aromatic nitrogens is 5. The Morgan fingerprint density at radius 2 is 2.00 bits per heavy atom. The third-order valence-corrected chi connectivity index (χ3v) is 8.54. The smallest absolute Gasteiger partial charge is 0.247 e. The van der Waals surface area contributed by atoms with Crippen LogP contribution in [0.4, 0.5) is 0 Å². The first-order valence-corrected chi connectivity index (χ1v) is 12.8. The van der Waals surface area contributed by atoms with Gasteiger partial charge in [0.15, 0.2) is 11.0 Å². The van der Waals surface area contributed by atoms with Crippen LogP contribution in [0.25, 0.3) is 22.2 Å². The van der Waals surface area contributed by atoms with Crippen LogP contribution in [0.2, 0.25) is 0 Å². The molecule has 0 fully saturated rings. The Morgan fingerprint density at radius 3 is 2.78 bits per heavy atom. The van der Waals surface area contributed by atoms with Crippen molar-refractivity contribution in [1.29, 1.82) is 0 Å². The highest BCUT2D eigenvalue weighted by atomic mass is 32.2. The van der Waals surface area contributed by atoms with Crippen LogP contribution < -0.4 is 0 Å². The van der Waals surface area contributed by atoms with Crippen LogP contribution in [0, 0.1) is 12.8 Å². The Bertz CT molecular complexity index is 1220. The van der Waals surface area contributed by atoms with Gasteiger partial charge in [-0.05, 0) is 62.8 Å². The van der Waals surface area contributed by atoms with Gasteiger partial charge in [0, 0.05) is 17.5 Å². The molecule has 0 spiro atoms. The van der Waals surface area contributed by atoms with Crippen LogP contribution in [-0.4, -0.2) is 25.0 Å². The Labute approximate surface area is 196 Å². The first-order valence-electron chi connectivity index (χ1n) is 11.1. The summed E-state index contributed by atoms with van der Waals surface area (Å²) in [7, 11) is 2.03. The second-order valence-electron chi connectivity index (χ2n) is 8.51. The molecule has 8 heteroatoms. The number of rotatable bonds is 6. The van der Waals surface area contributed by atoms with Gasteiger partial charge in [-0.2, -0.15) is 0 Å². The van der Waals surface area contributed by atoms with E-state index in [2.05, 4.69) is 51.8 Å². The van der Waals surface area contributed by atoms with Crippen LogP contribution in [0.15, 0.2) is 39.9 Å². The van der Waals surface area contributed by atoms with E-state index in [4.69, 9.17) is 4.42 Å². The largest absolute Gasteiger partial charge is 0.419 e. The van der Waals surface area contributed by atoms with Crippen molar-refractivity contribution in [2.45, 2.75) is 56.9 Å². The molecule has 0 bridgehead atoms. The molecular weight excluding hydrogens is 438 g/mol. The van der Waals surface area contributed by atoms with Gasteiger partial charge < -0.3 is 8.98 Å². The second kappa shape index (κ2) is 8.83. The molecule has 5 rings (SSSR count). The Balaban J connectivity index is 1.32. The summed E-state index contributed by atoms with van der Waals surface area (Å²) in [6, 6.07) is 10.4. The number of benzene rings is 1. The van der Waals surface area contributed by atoms with Crippen molar-refractivity contribution in [3.8, 4) is 22.2 Å². The molecule has 32 heavy (non-hydrogen) atoms. The molecule has 1 aliphatic rings. The first-order chi connectivity index (χ1) is 15.5. The summed E-state index contributed by atoms with van der Waals surface area (Å²) in [5.41, 5.74) is 3.63. The van der Waals surface area contributed by atoms with Crippen molar-refractivity contribution in [2.24, 2.45) is 13.0 Å². The summed E-state index contributed by atoms with van der Waals surface area (Å²) in [5, 5.41) is 18.3. The summed E-state index contributed by atoms with van der Waals surface area (Å²) < 4.78 is 8.03. The molecule has 0 N–H and O–H groups in total. The predicted molar refractivity (Wildman–Crippen MR) is 129 cm³/mol. The molecule has 166 valence electrons. The fraction of sp³-hybridized carbons (Fsp3) is 0.417. The van der Waals surface area contributed by atoms with Gasteiger partial charge in [0.2, 0.25) is 11.8 Å². The molecule has 0 aliphatic heterocycles. The van der Waals surface area contributed by atoms with Crippen molar-refractivity contribution < 1.29 is 4.42 Å². The van der Waals surface area contributed by atoms with E-state index in [0.29, 0.717) is 11.8 Å². The van der Waals surface area contributed by atoms with E-state index in [1.54, 1.807) is 11.8 Å². The molecule has 1 aromatic carbocycles. The third-order valence-electron chi connectivity index (χ3n) is 6.19. The lowest BCUT2D eigenvalue weighted by Crippen LogP contribution is -2.10. The topological polar surface area (TPSA) is 69.6 Å². The summed E-state index contributed by atoms with van der Waals surface area (Å²) in [6.45, 7) is 6.41. The summed E-state index contributed by atoms with van der Waals surface area (Å²) in [4.78, 5) is 2.73. The molecule has 0 radical (unpaired) electrons. The number of fused-ring (bicyclic) bond motifs is 1. The van der Waals surface area contributed by atoms with Crippen molar-refractivity contribution in [1.82, 2.24) is 25.0 Å². The van der Waals surface area contributed by atoms with Gasteiger partial charge in [0.25, 0.3) is 0 Å². The molecule has 0 saturated heterocycles. The zero-order valence-electron chi connectivity index (χ0n) is 18.8. The van der Waals surface area contributed by atoms with E-state index >= 15 is 0 Å². The van der Waals surface area contributed by atoms with Crippen molar-refractivity contribution in [3.63, 3.8) is 0 Å². The SMILES string of the molecule is CCC1CCc2sc(-c3nnc(SC(C)c4nnc(-c5ccc(C)cc5)o4)n3C)cc2C1. The lowest BCUT2D eigenvalue weighted by molar-refractivity contribution is 0.449. The van der Waals surface area contributed by atoms with E-state index in [1.165, 1.54) is 46.6 Å². The quantitative estimate of drug-likeness (QED) is 0.313. The summed E-state index contributed by atoms with van der Waals surface area (Å²) in [6.07, 6.45) is 4.94. The van der Waals surface area contributed by atoms with Gasteiger partial charge in [0.1, 0.15) is 0 Å². The van der Waals surface area contributed by atoms with E-state index in [0.717, 1.165) is 22.5 Å². The van der Waals surface area contributed by atoms with Gasteiger partial charge in [-0.3, -0.25) is 0 Å². The molecular formula is C24H27N5OS2. The Kier molecular flexibility index (Phi) is 5.90. The molecule has 0 saturated carbocycles. The minimum atomic E-state index is -0.0284. The Morgan fingerprint density at radius 1 is 1.19 bits per heavy atom. The summed E-state index contributed by atoms with van der Waals surface area (Å²) >= 11 is 3.46. The lowest BCUT2D eigenvalue weighted by Gasteiger charge is -2.19.